The molecule has 0 radical (unpaired) electrons. The Morgan fingerprint density at radius 2 is 2.00 bits per heavy atom. The van der Waals surface area contributed by atoms with Crippen LogP contribution in [0.5, 0.6) is 0 Å². The van der Waals surface area contributed by atoms with Crippen molar-refractivity contribution in [2.24, 2.45) is 11.7 Å². The average Bonchev–Trinajstić information content (AvgIpc) is 2.34. The molecule has 0 saturated heterocycles. The molecule has 1 aromatic carbocycles. The summed E-state index contributed by atoms with van der Waals surface area (Å²) in [5.74, 6) is 0.529. The van der Waals surface area contributed by atoms with E-state index in [1.165, 1.54) is 38.2 Å². The van der Waals surface area contributed by atoms with Gasteiger partial charge in [-0.2, -0.15) is 0 Å². The van der Waals surface area contributed by atoms with E-state index >= 15 is 0 Å². The second kappa shape index (κ2) is 5.96. The van der Waals surface area contributed by atoms with E-state index in [4.69, 9.17) is 5.73 Å². The van der Waals surface area contributed by atoms with E-state index in [-0.39, 0.29) is 11.9 Å². The molecule has 0 heterocycles. The fourth-order valence-corrected chi connectivity index (χ4v) is 3.06. The number of benzene rings is 1. The lowest BCUT2D eigenvalue weighted by molar-refractivity contribution is 0.319. The van der Waals surface area contributed by atoms with E-state index in [0.29, 0.717) is 4.47 Å². The van der Waals surface area contributed by atoms with Crippen LogP contribution in [0.25, 0.3) is 0 Å². The highest BCUT2D eigenvalue weighted by Gasteiger charge is 2.18. The lowest BCUT2D eigenvalue weighted by atomic mass is 9.83. The van der Waals surface area contributed by atoms with Gasteiger partial charge in [-0.25, -0.2) is 4.39 Å². The summed E-state index contributed by atoms with van der Waals surface area (Å²) in [7, 11) is 0. The second-order valence-corrected chi connectivity index (χ2v) is 5.87. The number of halogens is 2. The van der Waals surface area contributed by atoms with E-state index in [0.717, 1.165) is 17.9 Å². The Labute approximate surface area is 111 Å². The van der Waals surface area contributed by atoms with Crippen molar-refractivity contribution in [2.75, 3.05) is 0 Å². The van der Waals surface area contributed by atoms with Gasteiger partial charge in [0.15, 0.2) is 0 Å². The highest BCUT2D eigenvalue weighted by atomic mass is 79.9. The van der Waals surface area contributed by atoms with Crippen LogP contribution < -0.4 is 5.73 Å². The summed E-state index contributed by atoms with van der Waals surface area (Å²) in [5.41, 5.74) is 7.23. The van der Waals surface area contributed by atoms with Gasteiger partial charge in [-0.05, 0) is 46.0 Å². The molecule has 0 bridgehead atoms. The van der Waals surface area contributed by atoms with Crippen molar-refractivity contribution in [3.8, 4) is 0 Å². The maximum atomic E-state index is 13.1. The minimum Gasteiger partial charge on any atom is -0.324 e. The van der Waals surface area contributed by atoms with Crippen molar-refractivity contribution < 1.29 is 4.39 Å². The molecule has 1 unspecified atom stereocenters. The average molecular weight is 300 g/mol. The van der Waals surface area contributed by atoms with Crippen LogP contribution in [0.1, 0.15) is 50.1 Å². The van der Waals surface area contributed by atoms with Gasteiger partial charge in [0.1, 0.15) is 5.82 Å². The smallest absolute Gasteiger partial charge is 0.137 e. The van der Waals surface area contributed by atoms with Gasteiger partial charge in [-0.3, -0.25) is 0 Å². The summed E-state index contributed by atoms with van der Waals surface area (Å²) in [4.78, 5) is 0. The Hall–Kier alpha value is -0.410. The molecule has 1 atom stereocenters. The number of nitrogens with two attached hydrogens (primary N) is 1. The predicted octanol–water partition coefficient (Wildman–Crippen LogP) is 4.56. The van der Waals surface area contributed by atoms with Crippen LogP contribution in [0, 0.1) is 11.7 Å². The minimum absolute atomic E-state index is 0.0370. The third-order valence-corrected chi connectivity index (χ3v) is 4.29. The van der Waals surface area contributed by atoms with Gasteiger partial charge in [0, 0.05) is 6.04 Å². The standard InChI is InChI=1S/C14H19BrFN/c15-12-9-11(6-7-13(12)16)14(17)8-10-4-2-1-3-5-10/h6-7,9-10,14H,1-5,8,17H2. The molecule has 3 heteroatoms. The van der Waals surface area contributed by atoms with Gasteiger partial charge < -0.3 is 5.73 Å². The number of hydrogen-bond donors (Lipinski definition) is 1. The van der Waals surface area contributed by atoms with Crippen LogP contribution in [0.2, 0.25) is 0 Å². The topological polar surface area (TPSA) is 26.0 Å². The van der Waals surface area contributed by atoms with Gasteiger partial charge in [-0.1, -0.05) is 38.2 Å². The first-order chi connectivity index (χ1) is 8.16. The maximum absolute atomic E-state index is 13.1. The Balaban J connectivity index is 1.98. The van der Waals surface area contributed by atoms with Crippen LogP contribution in [0.4, 0.5) is 4.39 Å². The van der Waals surface area contributed by atoms with E-state index in [9.17, 15) is 4.39 Å². The van der Waals surface area contributed by atoms with Crippen LogP contribution in [0.15, 0.2) is 22.7 Å². The van der Waals surface area contributed by atoms with E-state index in [1.807, 2.05) is 6.07 Å². The highest BCUT2D eigenvalue weighted by molar-refractivity contribution is 9.10. The van der Waals surface area contributed by atoms with Crippen LogP contribution in [-0.4, -0.2) is 0 Å². The zero-order valence-electron chi connectivity index (χ0n) is 9.96. The van der Waals surface area contributed by atoms with E-state index in [1.54, 1.807) is 6.07 Å². The first-order valence-corrected chi connectivity index (χ1v) is 7.16. The molecule has 0 aromatic heterocycles. The number of rotatable bonds is 3. The Kier molecular flexibility index (Phi) is 4.57. The molecule has 1 saturated carbocycles. The third-order valence-electron chi connectivity index (χ3n) is 3.68. The Morgan fingerprint density at radius 3 is 2.65 bits per heavy atom. The Morgan fingerprint density at radius 1 is 1.29 bits per heavy atom. The molecule has 94 valence electrons. The highest BCUT2D eigenvalue weighted by Crippen LogP contribution is 2.31. The molecule has 0 aliphatic heterocycles. The SMILES string of the molecule is NC(CC1CCCCC1)c1ccc(F)c(Br)c1. The van der Waals surface area contributed by atoms with Gasteiger partial charge in [0.05, 0.1) is 4.47 Å². The number of hydrogen-bond acceptors (Lipinski definition) is 1. The summed E-state index contributed by atoms with van der Waals surface area (Å²) < 4.78 is 13.6. The van der Waals surface area contributed by atoms with Crippen LogP contribution in [-0.2, 0) is 0 Å². The monoisotopic (exact) mass is 299 g/mol. The fourth-order valence-electron chi connectivity index (χ4n) is 2.66. The third kappa shape index (κ3) is 3.52. The molecule has 1 aliphatic rings. The molecule has 0 amide bonds. The van der Waals surface area contributed by atoms with E-state index < -0.39 is 0 Å². The van der Waals surface area contributed by atoms with Gasteiger partial charge in [0.2, 0.25) is 0 Å². The molecule has 2 rings (SSSR count). The first-order valence-electron chi connectivity index (χ1n) is 6.37. The molecule has 1 aliphatic carbocycles. The van der Waals surface area contributed by atoms with Crippen molar-refractivity contribution >= 4 is 15.9 Å². The fraction of sp³-hybridized carbons (Fsp3) is 0.571. The molecular weight excluding hydrogens is 281 g/mol. The summed E-state index contributed by atoms with van der Waals surface area (Å²) in [6.07, 6.45) is 7.67. The van der Waals surface area contributed by atoms with Gasteiger partial charge in [-0.15, -0.1) is 0 Å². The lowest BCUT2D eigenvalue weighted by Crippen LogP contribution is -2.17. The van der Waals surface area contributed by atoms with Gasteiger partial charge in [0.25, 0.3) is 0 Å². The second-order valence-electron chi connectivity index (χ2n) is 5.02. The summed E-state index contributed by atoms with van der Waals surface area (Å²) >= 11 is 3.21. The lowest BCUT2D eigenvalue weighted by Gasteiger charge is -2.24. The van der Waals surface area contributed by atoms with Crippen molar-refractivity contribution in [1.82, 2.24) is 0 Å². The molecule has 17 heavy (non-hydrogen) atoms. The summed E-state index contributed by atoms with van der Waals surface area (Å²) in [6, 6.07) is 5.13. The first kappa shape index (κ1) is 13.0. The predicted molar refractivity (Wildman–Crippen MR) is 72.2 cm³/mol. The van der Waals surface area contributed by atoms with Gasteiger partial charge >= 0.3 is 0 Å². The van der Waals surface area contributed by atoms with Crippen LogP contribution >= 0.6 is 15.9 Å². The molecule has 1 fully saturated rings. The minimum atomic E-state index is -0.224. The van der Waals surface area contributed by atoms with Crippen molar-refractivity contribution in [3.63, 3.8) is 0 Å². The zero-order valence-corrected chi connectivity index (χ0v) is 11.5. The van der Waals surface area contributed by atoms with Crippen molar-refractivity contribution in [3.05, 3.63) is 34.1 Å². The maximum Gasteiger partial charge on any atom is 0.137 e. The molecular formula is C14H19BrFN. The molecule has 0 spiro atoms. The summed E-state index contributed by atoms with van der Waals surface area (Å²) in [6.45, 7) is 0. The molecule has 1 nitrogen and oxygen atoms in total. The summed E-state index contributed by atoms with van der Waals surface area (Å²) in [5, 5.41) is 0. The van der Waals surface area contributed by atoms with Crippen molar-refractivity contribution in [1.29, 1.82) is 0 Å². The molecule has 1 aromatic rings. The zero-order chi connectivity index (χ0) is 12.3. The van der Waals surface area contributed by atoms with Crippen LogP contribution in [0.3, 0.4) is 0 Å². The normalized spacial score (nSPS) is 19.2. The van der Waals surface area contributed by atoms with Crippen molar-refractivity contribution in [2.45, 2.75) is 44.6 Å². The van der Waals surface area contributed by atoms with E-state index in [2.05, 4.69) is 15.9 Å². The quantitative estimate of drug-likeness (QED) is 0.870. The largest absolute Gasteiger partial charge is 0.324 e. The Bertz CT molecular complexity index is 374. The molecule has 2 N–H and O–H groups in total.